The lowest BCUT2D eigenvalue weighted by molar-refractivity contribution is 0.790. The minimum atomic E-state index is 0.586. The number of anilines is 1. The molecule has 0 saturated heterocycles. The van der Waals surface area contributed by atoms with E-state index in [2.05, 4.69) is 29.8 Å². The van der Waals surface area contributed by atoms with E-state index in [1.54, 1.807) is 0 Å². The zero-order chi connectivity index (χ0) is 8.10. The molecule has 0 radical (unpaired) electrons. The molecule has 0 aliphatic carbocycles. The van der Waals surface area contributed by atoms with Gasteiger partial charge in [-0.25, -0.2) is 5.43 Å². The van der Waals surface area contributed by atoms with Gasteiger partial charge in [-0.15, -0.1) is 0 Å². The molecular weight excluding hydrogens is 138 g/mol. The number of hydrazine groups is 1. The Hall–Kier alpha value is -1.06. The molecule has 0 bridgehead atoms. The van der Waals surface area contributed by atoms with E-state index in [9.17, 15) is 0 Å². The zero-order valence-electron chi connectivity index (χ0n) is 6.59. The number of hydrogen-bond acceptors (Lipinski definition) is 3. The molecule has 3 heteroatoms. The Morgan fingerprint density at radius 1 is 1.27 bits per heavy atom. The van der Waals surface area contributed by atoms with Gasteiger partial charge in [-0.05, 0) is 19.1 Å². The molecule has 0 spiro atoms. The third kappa shape index (κ3) is 2.57. The van der Waals surface area contributed by atoms with Crippen LogP contribution in [0.3, 0.4) is 0 Å². The molecule has 0 fully saturated rings. The topological polar surface area (TPSA) is 50.1 Å². The number of nitrogens with two attached hydrogens (primary N) is 1. The predicted octanol–water partition coefficient (Wildman–Crippen LogP) is 0.828. The van der Waals surface area contributed by atoms with Crippen molar-refractivity contribution < 1.29 is 0 Å². The van der Waals surface area contributed by atoms with Crippen LogP contribution < -0.4 is 16.6 Å². The van der Waals surface area contributed by atoms with Gasteiger partial charge in [0.2, 0.25) is 0 Å². The Kier molecular flexibility index (Phi) is 2.89. The molecule has 0 unspecified atom stereocenters. The van der Waals surface area contributed by atoms with E-state index in [0.717, 1.165) is 5.69 Å². The molecule has 0 aliphatic rings. The number of aryl methyl sites for hydroxylation is 1. The average molecular weight is 151 g/mol. The number of rotatable bonds is 3. The molecule has 11 heavy (non-hydrogen) atoms. The summed E-state index contributed by atoms with van der Waals surface area (Å²) in [4.78, 5) is 0. The van der Waals surface area contributed by atoms with Crippen molar-refractivity contribution in [1.82, 2.24) is 5.43 Å². The minimum Gasteiger partial charge on any atom is -0.371 e. The Labute approximate surface area is 66.6 Å². The number of nitrogens with one attached hydrogen (secondary N) is 2. The smallest absolute Gasteiger partial charge is 0.0780 e. The fraction of sp³-hybridized carbons (Fsp3) is 0.250. The second-order valence-electron chi connectivity index (χ2n) is 2.42. The third-order valence-corrected chi connectivity index (χ3v) is 1.45. The highest BCUT2D eigenvalue weighted by molar-refractivity contribution is 5.43. The fourth-order valence-corrected chi connectivity index (χ4v) is 0.825. The van der Waals surface area contributed by atoms with E-state index in [1.165, 1.54) is 5.56 Å². The normalized spacial score (nSPS) is 9.64. The first-order valence-corrected chi connectivity index (χ1v) is 3.57. The lowest BCUT2D eigenvalue weighted by Crippen LogP contribution is -2.28. The quantitative estimate of drug-likeness (QED) is 0.340. The van der Waals surface area contributed by atoms with E-state index in [4.69, 9.17) is 5.84 Å². The summed E-state index contributed by atoms with van der Waals surface area (Å²) in [5, 5.41) is 3.09. The van der Waals surface area contributed by atoms with Gasteiger partial charge in [0.1, 0.15) is 0 Å². The van der Waals surface area contributed by atoms with Gasteiger partial charge in [0, 0.05) is 5.69 Å². The van der Waals surface area contributed by atoms with Crippen molar-refractivity contribution >= 4 is 5.69 Å². The van der Waals surface area contributed by atoms with Crippen LogP contribution in [0, 0.1) is 6.92 Å². The SMILES string of the molecule is Cc1ccc(NCNN)cc1. The van der Waals surface area contributed by atoms with Crippen LogP contribution in [0.25, 0.3) is 0 Å². The highest BCUT2D eigenvalue weighted by Crippen LogP contribution is 2.06. The van der Waals surface area contributed by atoms with Crippen molar-refractivity contribution in [2.75, 3.05) is 12.0 Å². The van der Waals surface area contributed by atoms with Crippen LogP contribution >= 0.6 is 0 Å². The summed E-state index contributed by atoms with van der Waals surface area (Å²) in [7, 11) is 0. The Morgan fingerprint density at radius 2 is 1.91 bits per heavy atom. The zero-order valence-corrected chi connectivity index (χ0v) is 6.59. The average Bonchev–Trinajstić information content (AvgIpc) is 2.04. The first-order chi connectivity index (χ1) is 5.33. The van der Waals surface area contributed by atoms with Crippen LogP contribution in [0.4, 0.5) is 5.69 Å². The summed E-state index contributed by atoms with van der Waals surface area (Å²) in [6.07, 6.45) is 0. The van der Waals surface area contributed by atoms with Crippen LogP contribution in [0.1, 0.15) is 5.56 Å². The van der Waals surface area contributed by atoms with Crippen molar-refractivity contribution in [3.8, 4) is 0 Å². The summed E-state index contributed by atoms with van der Waals surface area (Å²) < 4.78 is 0. The highest BCUT2D eigenvalue weighted by atomic mass is 15.3. The van der Waals surface area contributed by atoms with Gasteiger partial charge < -0.3 is 5.32 Å². The lowest BCUT2D eigenvalue weighted by Gasteiger charge is -2.04. The molecule has 1 aromatic rings. The molecule has 0 aliphatic heterocycles. The van der Waals surface area contributed by atoms with Crippen molar-refractivity contribution in [2.45, 2.75) is 6.92 Å². The Morgan fingerprint density at radius 3 is 2.45 bits per heavy atom. The molecule has 0 heterocycles. The largest absolute Gasteiger partial charge is 0.371 e. The molecule has 1 aromatic carbocycles. The van der Waals surface area contributed by atoms with Gasteiger partial charge in [0.15, 0.2) is 0 Å². The molecular formula is C8H13N3. The molecule has 0 saturated carbocycles. The van der Waals surface area contributed by atoms with E-state index in [0.29, 0.717) is 6.67 Å². The van der Waals surface area contributed by atoms with Crippen molar-refractivity contribution in [3.63, 3.8) is 0 Å². The lowest BCUT2D eigenvalue weighted by atomic mass is 10.2. The van der Waals surface area contributed by atoms with Gasteiger partial charge in [0.25, 0.3) is 0 Å². The standard InChI is InChI=1S/C8H13N3/c1-7-2-4-8(5-3-7)10-6-11-9/h2-5,10-11H,6,9H2,1H3. The van der Waals surface area contributed by atoms with E-state index < -0.39 is 0 Å². The first kappa shape index (κ1) is 8.04. The van der Waals surface area contributed by atoms with E-state index in [1.807, 2.05) is 12.1 Å². The van der Waals surface area contributed by atoms with Crippen LogP contribution in [-0.2, 0) is 0 Å². The first-order valence-electron chi connectivity index (χ1n) is 3.57. The second-order valence-corrected chi connectivity index (χ2v) is 2.42. The minimum absolute atomic E-state index is 0.586. The maximum absolute atomic E-state index is 5.09. The molecule has 3 nitrogen and oxygen atoms in total. The van der Waals surface area contributed by atoms with Gasteiger partial charge in [-0.3, -0.25) is 5.84 Å². The molecule has 0 atom stereocenters. The van der Waals surface area contributed by atoms with Crippen LogP contribution in [0.2, 0.25) is 0 Å². The summed E-state index contributed by atoms with van der Waals surface area (Å²) in [5.41, 5.74) is 4.86. The fourth-order valence-electron chi connectivity index (χ4n) is 0.825. The van der Waals surface area contributed by atoms with Crippen LogP contribution in [-0.4, -0.2) is 6.67 Å². The number of benzene rings is 1. The van der Waals surface area contributed by atoms with E-state index in [-0.39, 0.29) is 0 Å². The van der Waals surface area contributed by atoms with Crippen molar-refractivity contribution in [3.05, 3.63) is 29.8 Å². The third-order valence-electron chi connectivity index (χ3n) is 1.45. The molecule has 0 aromatic heterocycles. The maximum atomic E-state index is 5.09. The monoisotopic (exact) mass is 151 g/mol. The molecule has 1 rings (SSSR count). The number of hydrogen-bond donors (Lipinski definition) is 3. The summed E-state index contributed by atoms with van der Waals surface area (Å²) in [6, 6.07) is 8.15. The Bertz CT molecular complexity index is 205. The predicted molar refractivity (Wildman–Crippen MR) is 47.0 cm³/mol. The second kappa shape index (κ2) is 3.95. The summed E-state index contributed by atoms with van der Waals surface area (Å²) in [6.45, 7) is 2.65. The van der Waals surface area contributed by atoms with Crippen molar-refractivity contribution in [1.29, 1.82) is 0 Å². The summed E-state index contributed by atoms with van der Waals surface area (Å²) in [5.74, 6) is 5.09. The molecule has 0 amide bonds. The Balaban J connectivity index is 2.52. The van der Waals surface area contributed by atoms with Crippen LogP contribution in [0.15, 0.2) is 24.3 Å². The summed E-state index contributed by atoms with van der Waals surface area (Å²) >= 11 is 0. The van der Waals surface area contributed by atoms with Crippen molar-refractivity contribution in [2.24, 2.45) is 5.84 Å². The molecule has 4 N–H and O–H groups in total. The van der Waals surface area contributed by atoms with Gasteiger partial charge >= 0.3 is 0 Å². The highest BCUT2D eigenvalue weighted by Gasteiger charge is 1.87. The molecule has 60 valence electrons. The van der Waals surface area contributed by atoms with E-state index >= 15 is 0 Å². The van der Waals surface area contributed by atoms with Gasteiger partial charge in [0.05, 0.1) is 6.67 Å². The maximum Gasteiger partial charge on any atom is 0.0780 e. The van der Waals surface area contributed by atoms with Gasteiger partial charge in [-0.2, -0.15) is 0 Å². The van der Waals surface area contributed by atoms with Gasteiger partial charge in [-0.1, -0.05) is 17.7 Å². The van der Waals surface area contributed by atoms with Crippen LogP contribution in [0.5, 0.6) is 0 Å².